The van der Waals surface area contributed by atoms with E-state index in [0.29, 0.717) is 11.5 Å². The van der Waals surface area contributed by atoms with Gasteiger partial charge in [0, 0.05) is 5.56 Å². The maximum Gasteiger partial charge on any atom is 0.349 e. The van der Waals surface area contributed by atoms with E-state index in [-0.39, 0.29) is 12.0 Å². The molecule has 0 aliphatic carbocycles. The van der Waals surface area contributed by atoms with Crippen LogP contribution in [0.3, 0.4) is 0 Å². The van der Waals surface area contributed by atoms with E-state index in [1.807, 2.05) is 48.5 Å². The molecule has 3 nitrogen and oxygen atoms in total. The molecular formula is C20H24O3. The molecule has 0 spiro atoms. The van der Waals surface area contributed by atoms with Crippen LogP contribution < -0.4 is 9.47 Å². The predicted molar refractivity (Wildman–Crippen MR) is 92.1 cm³/mol. The Hall–Kier alpha value is -2.29. The number of esters is 1. The zero-order valence-electron chi connectivity index (χ0n) is 14.3. The molecule has 3 heteroatoms. The molecule has 0 unspecified atom stereocenters. The summed E-state index contributed by atoms with van der Waals surface area (Å²) < 4.78 is 11.0. The lowest BCUT2D eigenvalue weighted by atomic mass is 9.86. The Balaban J connectivity index is 2.00. The van der Waals surface area contributed by atoms with E-state index >= 15 is 0 Å². The highest BCUT2D eigenvalue weighted by Gasteiger charge is 2.20. The van der Waals surface area contributed by atoms with Crippen LogP contribution in [0.4, 0.5) is 0 Å². The van der Waals surface area contributed by atoms with Crippen molar-refractivity contribution in [1.82, 2.24) is 0 Å². The number of benzene rings is 2. The number of aryl methyl sites for hydroxylation is 1. The molecule has 0 N–H and O–H groups in total. The molecule has 23 heavy (non-hydrogen) atoms. The number of ether oxygens (including phenoxy) is 2. The fourth-order valence-corrected chi connectivity index (χ4v) is 2.32. The Morgan fingerprint density at radius 1 is 1.04 bits per heavy atom. The van der Waals surface area contributed by atoms with Crippen LogP contribution in [-0.4, -0.2) is 12.6 Å². The standard InChI is InChI=1S/C20H24O3/c1-5-15-9-8-10-16(13-15)22-14-19(21)23-18-12-7-6-11-17(18)20(2,3)4/h6-13H,5,14H2,1-4H3. The second-order valence-corrected chi connectivity index (χ2v) is 6.51. The third-order valence-electron chi connectivity index (χ3n) is 3.58. The van der Waals surface area contributed by atoms with E-state index < -0.39 is 5.97 Å². The lowest BCUT2D eigenvalue weighted by molar-refractivity contribution is -0.136. The van der Waals surface area contributed by atoms with Crippen LogP contribution in [0.1, 0.15) is 38.8 Å². The van der Waals surface area contributed by atoms with Crippen LogP contribution >= 0.6 is 0 Å². The van der Waals surface area contributed by atoms with Gasteiger partial charge in [-0.1, -0.05) is 58.0 Å². The quantitative estimate of drug-likeness (QED) is 0.601. The first kappa shape index (κ1) is 17.1. The number of rotatable bonds is 5. The van der Waals surface area contributed by atoms with Crippen molar-refractivity contribution in [3.63, 3.8) is 0 Å². The summed E-state index contributed by atoms with van der Waals surface area (Å²) in [4.78, 5) is 12.1. The minimum absolute atomic E-state index is 0.0901. The molecule has 0 aromatic heterocycles. The zero-order valence-corrected chi connectivity index (χ0v) is 14.3. The zero-order chi connectivity index (χ0) is 16.9. The van der Waals surface area contributed by atoms with Gasteiger partial charge in [0.15, 0.2) is 6.61 Å². The van der Waals surface area contributed by atoms with E-state index in [0.717, 1.165) is 12.0 Å². The summed E-state index contributed by atoms with van der Waals surface area (Å²) in [5.74, 6) is 0.880. The van der Waals surface area contributed by atoms with E-state index in [1.54, 1.807) is 0 Å². The van der Waals surface area contributed by atoms with Gasteiger partial charge in [0.2, 0.25) is 0 Å². The van der Waals surface area contributed by atoms with Gasteiger partial charge in [-0.25, -0.2) is 4.79 Å². The summed E-state index contributed by atoms with van der Waals surface area (Å²) in [6.07, 6.45) is 0.931. The fourth-order valence-electron chi connectivity index (χ4n) is 2.32. The molecule has 2 aromatic carbocycles. The molecule has 0 fully saturated rings. The summed E-state index contributed by atoms with van der Waals surface area (Å²) in [7, 11) is 0. The molecule has 0 aliphatic heterocycles. The molecule has 2 rings (SSSR count). The van der Waals surface area contributed by atoms with Gasteiger partial charge >= 0.3 is 5.97 Å². The molecule has 0 aliphatic rings. The first-order valence-electron chi connectivity index (χ1n) is 7.92. The van der Waals surface area contributed by atoms with Crippen molar-refractivity contribution < 1.29 is 14.3 Å². The minimum Gasteiger partial charge on any atom is -0.482 e. The van der Waals surface area contributed by atoms with Crippen molar-refractivity contribution in [2.24, 2.45) is 0 Å². The van der Waals surface area contributed by atoms with Crippen LogP contribution in [0, 0.1) is 0 Å². The Bertz CT molecular complexity index is 669. The number of hydrogen-bond donors (Lipinski definition) is 0. The normalized spacial score (nSPS) is 11.1. The molecular weight excluding hydrogens is 288 g/mol. The molecule has 0 heterocycles. The van der Waals surface area contributed by atoms with Gasteiger partial charge in [0.05, 0.1) is 0 Å². The average molecular weight is 312 g/mol. The molecule has 122 valence electrons. The van der Waals surface area contributed by atoms with Gasteiger partial charge in [-0.15, -0.1) is 0 Å². The topological polar surface area (TPSA) is 35.5 Å². The van der Waals surface area contributed by atoms with Gasteiger partial charge in [-0.05, 0) is 35.6 Å². The van der Waals surface area contributed by atoms with Crippen LogP contribution in [0.5, 0.6) is 11.5 Å². The maximum absolute atomic E-state index is 12.1. The van der Waals surface area contributed by atoms with Crippen LogP contribution in [0.15, 0.2) is 48.5 Å². The van der Waals surface area contributed by atoms with E-state index in [9.17, 15) is 4.79 Å². The largest absolute Gasteiger partial charge is 0.482 e. The molecule has 2 aromatic rings. The smallest absolute Gasteiger partial charge is 0.349 e. The molecule has 0 saturated heterocycles. The molecule has 0 amide bonds. The Kier molecular flexibility index (Phi) is 5.43. The summed E-state index contributed by atoms with van der Waals surface area (Å²) in [6, 6.07) is 15.4. The molecule has 0 atom stereocenters. The molecule has 0 saturated carbocycles. The van der Waals surface area contributed by atoms with Crippen molar-refractivity contribution in [3.8, 4) is 11.5 Å². The SMILES string of the molecule is CCc1cccc(OCC(=O)Oc2ccccc2C(C)(C)C)c1. The Morgan fingerprint density at radius 2 is 1.78 bits per heavy atom. The first-order valence-corrected chi connectivity index (χ1v) is 7.92. The summed E-state index contributed by atoms with van der Waals surface area (Å²) >= 11 is 0. The third kappa shape index (κ3) is 4.85. The van der Waals surface area contributed by atoms with Gasteiger partial charge in [-0.2, -0.15) is 0 Å². The van der Waals surface area contributed by atoms with Crippen LogP contribution in [-0.2, 0) is 16.6 Å². The highest BCUT2D eigenvalue weighted by molar-refractivity contribution is 5.74. The fraction of sp³-hybridized carbons (Fsp3) is 0.350. The Labute approximate surface area is 138 Å². The number of para-hydroxylation sites is 1. The third-order valence-corrected chi connectivity index (χ3v) is 3.58. The highest BCUT2D eigenvalue weighted by atomic mass is 16.6. The van der Waals surface area contributed by atoms with E-state index in [2.05, 4.69) is 27.7 Å². The lowest BCUT2D eigenvalue weighted by Crippen LogP contribution is -2.20. The molecule has 0 radical (unpaired) electrons. The second-order valence-electron chi connectivity index (χ2n) is 6.51. The average Bonchev–Trinajstić information content (AvgIpc) is 2.52. The van der Waals surface area contributed by atoms with Crippen molar-refractivity contribution in [1.29, 1.82) is 0 Å². The second kappa shape index (κ2) is 7.32. The maximum atomic E-state index is 12.1. The van der Waals surface area contributed by atoms with Crippen molar-refractivity contribution >= 4 is 5.97 Å². The van der Waals surface area contributed by atoms with E-state index in [4.69, 9.17) is 9.47 Å². The van der Waals surface area contributed by atoms with Crippen molar-refractivity contribution in [2.45, 2.75) is 39.5 Å². The van der Waals surface area contributed by atoms with Gasteiger partial charge in [0.25, 0.3) is 0 Å². The summed E-state index contributed by atoms with van der Waals surface area (Å²) in [6.45, 7) is 8.24. The summed E-state index contributed by atoms with van der Waals surface area (Å²) in [5, 5.41) is 0. The highest BCUT2D eigenvalue weighted by Crippen LogP contribution is 2.31. The lowest BCUT2D eigenvalue weighted by Gasteiger charge is -2.22. The molecule has 0 bridgehead atoms. The van der Waals surface area contributed by atoms with Gasteiger partial charge in [0.1, 0.15) is 11.5 Å². The summed E-state index contributed by atoms with van der Waals surface area (Å²) in [5.41, 5.74) is 2.09. The van der Waals surface area contributed by atoms with Gasteiger partial charge < -0.3 is 9.47 Å². The van der Waals surface area contributed by atoms with Gasteiger partial charge in [-0.3, -0.25) is 0 Å². The Morgan fingerprint density at radius 3 is 2.48 bits per heavy atom. The minimum atomic E-state index is -0.399. The van der Waals surface area contributed by atoms with Crippen molar-refractivity contribution in [3.05, 3.63) is 59.7 Å². The van der Waals surface area contributed by atoms with E-state index in [1.165, 1.54) is 5.56 Å². The van der Waals surface area contributed by atoms with Crippen LogP contribution in [0.25, 0.3) is 0 Å². The number of carbonyl (C=O) groups excluding carboxylic acids is 1. The van der Waals surface area contributed by atoms with Crippen LogP contribution in [0.2, 0.25) is 0 Å². The van der Waals surface area contributed by atoms with Crippen molar-refractivity contribution in [2.75, 3.05) is 6.61 Å². The number of hydrogen-bond acceptors (Lipinski definition) is 3. The predicted octanol–water partition coefficient (Wildman–Crippen LogP) is 4.53. The monoisotopic (exact) mass is 312 g/mol. The first-order chi connectivity index (χ1) is 10.9. The number of carbonyl (C=O) groups is 1.